The predicted molar refractivity (Wildman–Crippen MR) is 112 cm³/mol. The number of allylic oxidation sites excluding steroid dienone is 4. The van der Waals surface area contributed by atoms with Crippen LogP contribution in [0.3, 0.4) is 0 Å². The SMILES string of the molecule is CNc1nc(C2=CCC3C4CC=C5CC(=O)CC[C@]5(C)C4CC[C@]23C)cs1. The van der Waals surface area contributed by atoms with Crippen molar-refractivity contribution in [2.24, 2.45) is 28.6 Å². The number of rotatable bonds is 2. The largest absolute Gasteiger partial charge is 0.365 e. The Morgan fingerprint density at radius 3 is 2.78 bits per heavy atom. The second-order valence-electron chi connectivity index (χ2n) is 9.57. The first-order valence-corrected chi connectivity index (χ1v) is 11.4. The number of nitrogens with one attached hydrogen (secondary N) is 1. The van der Waals surface area contributed by atoms with E-state index in [0.29, 0.717) is 5.78 Å². The number of thiazole rings is 1. The van der Waals surface area contributed by atoms with Crippen LogP contribution >= 0.6 is 11.3 Å². The summed E-state index contributed by atoms with van der Waals surface area (Å²) >= 11 is 1.71. The molecular formula is C23H30N2OS. The molecule has 4 aliphatic carbocycles. The highest BCUT2D eigenvalue weighted by Gasteiger charge is 2.57. The summed E-state index contributed by atoms with van der Waals surface area (Å²) in [5, 5.41) is 6.42. The van der Waals surface area contributed by atoms with Crippen molar-refractivity contribution in [2.75, 3.05) is 12.4 Å². The number of carbonyl (C=O) groups is 1. The van der Waals surface area contributed by atoms with E-state index in [4.69, 9.17) is 4.98 Å². The number of nitrogens with zero attached hydrogens (tertiary/aromatic N) is 1. The zero-order valence-corrected chi connectivity index (χ0v) is 17.5. The standard InChI is InChI=1S/C23H30N2OS/c1-22-10-8-15(26)12-14(22)4-5-16-17-6-7-19(20-13-27-21(24-3)25-20)23(17,2)11-9-18(16)22/h4,7,13,16-18H,5-6,8-12H2,1-3H3,(H,24,25)/t16?,17?,18?,22-,23-/m0/s1. The van der Waals surface area contributed by atoms with E-state index in [1.807, 2.05) is 7.05 Å². The summed E-state index contributed by atoms with van der Waals surface area (Å²) in [7, 11) is 1.95. The van der Waals surface area contributed by atoms with Gasteiger partial charge in [-0.25, -0.2) is 4.98 Å². The van der Waals surface area contributed by atoms with Gasteiger partial charge in [-0.3, -0.25) is 4.79 Å². The van der Waals surface area contributed by atoms with Crippen molar-refractivity contribution in [1.82, 2.24) is 4.98 Å². The van der Waals surface area contributed by atoms with Gasteiger partial charge in [0.05, 0.1) is 5.69 Å². The second-order valence-corrected chi connectivity index (χ2v) is 10.4. The van der Waals surface area contributed by atoms with Gasteiger partial charge in [0, 0.05) is 25.3 Å². The van der Waals surface area contributed by atoms with Crippen molar-refractivity contribution in [3.63, 3.8) is 0 Å². The Kier molecular flexibility index (Phi) is 3.95. The summed E-state index contributed by atoms with van der Waals surface area (Å²) in [4.78, 5) is 16.8. The lowest BCUT2D eigenvalue weighted by Gasteiger charge is -2.57. The molecule has 0 amide bonds. The Morgan fingerprint density at radius 1 is 1.15 bits per heavy atom. The molecule has 4 aliphatic rings. The molecule has 5 atom stereocenters. The quantitative estimate of drug-likeness (QED) is 0.666. The maximum absolute atomic E-state index is 12.0. The molecule has 0 aromatic carbocycles. The van der Waals surface area contributed by atoms with Gasteiger partial charge in [-0.1, -0.05) is 31.6 Å². The van der Waals surface area contributed by atoms with Crippen LogP contribution in [0.1, 0.15) is 64.5 Å². The minimum absolute atomic E-state index is 0.256. The topological polar surface area (TPSA) is 42.0 Å². The lowest BCUT2D eigenvalue weighted by molar-refractivity contribution is -0.122. The average Bonchev–Trinajstić information content (AvgIpc) is 3.25. The van der Waals surface area contributed by atoms with Gasteiger partial charge in [0.25, 0.3) is 0 Å². The Bertz CT molecular complexity index is 852. The lowest BCUT2D eigenvalue weighted by atomic mass is 9.47. The van der Waals surface area contributed by atoms with Crippen LogP contribution in [-0.2, 0) is 4.79 Å². The van der Waals surface area contributed by atoms with Gasteiger partial charge in [0.1, 0.15) is 5.78 Å². The number of anilines is 1. The summed E-state index contributed by atoms with van der Waals surface area (Å²) in [5.41, 5.74) is 4.66. The first kappa shape index (κ1) is 17.7. The van der Waals surface area contributed by atoms with Crippen LogP contribution in [0.15, 0.2) is 23.1 Å². The highest BCUT2D eigenvalue weighted by Crippen LogP contribution is 2.66. The molecule has 0 bridgehead atoms. The minimum Gasteiger partial charge on any atom is -0.365 e. The highest BCUT2D eigenvalue weighted by atomic mass is 32.1. The van der Waals surface area contributed by atoms with Crippen LogP contribution in [0, 0.1) is 28.6 Å². The number of fused-ring (bicyclic) bond motifs is 5. The third-order valence-electron chi connectivity index (χ3n) is 8.51. The van der Waals surface area contributed by atoms with Gasteiger partial charge in [-0.15, -0.1) is 11.3 Å². The first-order chi connectivity index (χ1) is 13.0. The molecule has 3 unspecified atom stereocenters. The molecule has 1 heterocycles. The third kappa shape index (κ3) is 2.45. The molecular weight excluding hydrogens is 352 g/mol. The zero-order chi connectivity index (χ0) is 18.8. The fourth-order valence-corrected chi connectivity index (χ4v) is 7.63. The number of hydrogen-bond acceptors (Lipinski definition) is 4. The van der Waals surface area contributed by atoms with Crippen molar-refractivity contribution < 1.29 is 4.79 Å². The van der Waals surface area contributed by atoms with Crippen molar-refractivity contribution in [3.05, 3.63) is 28.8 Å². The molecule has 2 fully saturated rings. The Labute approximate surface area is 166 Å². The summed E-state index contributed by atoms with van der Waals surface area (Å²) in [6.07, 6.45) is 12.4. The molecule has 0 aliphatic heterocycles. The van der Waals surface area contributed by atoms with Crippen LogP contribution in [-0.4, -0.2) is 17.8 Å². The molecule has 4 heteroatoms. The minimum atomic E-state index is 0.256. The Morgan fingerprint density at radius 2 is 2.00 bits per heavy atom. The zero-order valence-electron chi connectivity index (χ0n) is 16.7. The summed E-state index contributed by atoms with van der Waals surface area (Å²) in [5.74, 6) is 2.67. The molecule has 144 valence electrons. The van der Waals surface area contributed by atoms with Crippen molar-refractivity contribution in [1.29, 1.82) is 0 Å². The lowest BCUT2D eigenvalue weighted by Crippen LogP contribution is -2.49. The van der Waals surface area contributed by atoms with Crippen molar-refractivity contribution >= 4 is 27.8 Å². The van der Waals surface area contributed by atoms with Crippen LogP contribution < -0.4 is 5.32 Å². The third-order valence-corrected chi connectivity index (χ3v) is 9.37. The van der Waals surface area contributed by atoms with Gasteiger partial charge in [-0.2, -0.15) is 0 Å². The number of hydrogen-bond donors (Lipinski definition) is 1. The van der Waals surface area contributed by atoms with E-state index in [9.17, 15) is 4.79 Å². The van der Waals surface area contributed by atoms with Crippen LogP contribution in [0.4, 0.5) is 5.13 Å². The van der Waals surface area contributed by atoms with E-state index < -0.39 is 0 Å². The molecule has 0 saturated heterocycles. The molecule has 3 nitrogen and oxygen atoms in total. The van der Waals surface area contributed by atoms with Gasteiger partial charge < -0.3 is 5.32 Å². The molecule has 0 radical (unpaired) electrons. The monoisotopic (exact) mass is 382 g/mol. The smallest absolute Gasteiger partial charge is 0.182 e. The number of Topliss-reactive ketones (excluding diaryl/α,β-unsaturated/α-hetero) is 1. The maximum Gasteiger partial charge on any atom is 0.182 e. The van der Waals surface area contributed by atoms with E-state index in [1.165, 1.54) is 42.5 Å². The molecule has 1 aromatic heterocycles. The van der Waals surface area contributed by atoms with E-state index in [2.05, 4.69) is 36.7 Å². The molecule has 5 rings (SSSR count). The first-order valence-electron chi connectivity index (χ1n) is 10.5. The molecule has 1 aromatic rings. The van der Waals surface area contributed by atoms with Crippen molar-refractivity contribution in [2.45, 2.75) is 58.8 Å². The van der Waals surface area contributed by atoms with Gasteiger partial charge in [0.15, 0.2) is 5.13 Å². The van der Waals surface area contributed by atoms with Gasteiger partial charge in [-0.05, 0) is 66.3 Å². The average molecular weight is 383 g/mol. The second kappa shape index (κ2) is 6.04. The number of carbonyl (C=O) groups excluding carboxylic acids is 1. The van der Waals surface area contributed by atoms with Gasteiger partial charge in [0.2, 0.25) is 0 Å². The Hall–Kier alpha value is -1.42. The van der Waals surface area contributed by atoms with Gasteiger partial charge >= 0.3 is 0 Å². The molecule has 0 spiro atoms. The predicted octanol–water partition coefficient (Wildman–Crippen LogP) is 5.71. The fraction of sp³-hybridized carbons (Fsp3) is 0.652. The molecule has 27 heavy (non-hydrogen) atoms. The van der Waals surface area contributed by atoms with Crippen LogP contribution in [0.25, 0.3) is 5.57 Å². The fourth-order valence-electron chi connectivity index (χ4n) is 6.95. The highest BCUT2D eigenvalue weighted by molar-refractivity contribution is 7.13. The number of ketones is 1. The summed E-state index contributed by atoms with van der Waals surface area (Å²) in [6.45, 7) is 4.96. The van der Waals surface area contributed by atoms with E-state index in [0.717, 1.165) is 42.1 Å². The molecule has 1 N–H and O–H groups in total. The number of aromatic nitrogens is 1. The van der Waals surface area contributed by atoms with E-state index in [-0.39, 0.29) is 10.8 Å². The van der Waals surface area contributed by atoms with Crippen LogP contribution in [0.5, 0.6) is 0 Å². The Balaban J connectivity index is 1.46. The molecule has 2 saturated carbocycles. The van der Waals surface area contributed by atoms with E-state index in [1.54, 1.807) is 11.3 Å². The maximum atomic E-state index is 12.0. The van der Waals surface area contributed by atoms with E-state index >= 15 is 0 Å². The normalized spacial score (nSPS) is 40.6. The van der Waals surface area contributed by atoms with Crippen molar-refractivity contribution in [3.8, 4) is 0 Å². The summed E-state index contributed by atoms with van der Waals surface area (Å²) < 4.78 is 0. The van der Waals surface area contributed by atoms with Crippen LogP contribution in [0.2, 0.25) is 0 Å². The summed E-state index contributed by atoms with van der Waals surface area (Å²) in [6, 6.07) is 0.